The number of likely N-dealkylation sites (tertiary alicyclic amines) is 1. The molecule has 6 rings (SSSR count). The van der Waals surface area contributed by atoms with Gasteiger partial charge in [0.1, 0.15) is 11.5 Å². The summed E-state index contributed by atoms with van der Waals surface area (Å²) < 4.78 is 44.5. The molecule has 0 spiro atoms. The number of pyridine rings is 1. The zero-order valence-electron chi connectivity index (χ0n) is 24.8. The van der Waals surface area contributed by atoms with Gasteiger partial charge in [-0.3, -0.25) is 29.5 Å². The summed E-state index contributed by atoms with van der Waals surface area (Å²) in [5, 5.41) is 18.8. The van der Waals surface area contributed by atoms with Crippen molar-refractivity contribution in [3.05, 3.63) is 82.9 Å². The number of aliphatic hydroxyl groups is 1. The first-order valence-corrected chi connectivity index (χ1v) is 14.6. The maximum absolute atomic E-state index is 16.2. The van der Waals surface area contributed by atoms with Crippen LogP contribution >= 0.6 is 0 Å². The van der Waals surface area contributed by atoms with Gasteiger partial charge in [-0.05, 0) is 36.1 Å². The molecule has 4 heterocycles. The predicted octanol–water partition coefficient (Wildman–Crippen LogP) is 5.35. The quantitative estimate of drug-likeness (QED) is 0.288. The van der Waals surface area contributed by atoms with Crippen LogP contribution in [0, 0.1) is 11.2 Å². The molecule has 2 aromatic carbocycles. The van der Waals surface area contributed by atoms with E-state index >= 15 is 4.39 Å². The highest BCUT2D eigenvalue weighted by atomic mass is 19.3. The first-order valence-electron chi connectivity index (χ1n) is 14.6. The van der Waals surface area contributed by atoms with Crippen LogP contribution in [-0.2, 0) is 28.8 Å². The van der Waals surface area contributed by atoms with Crippen molar-refractivity contribution in [2.24, 2.45) is 12.5 Å². The van der Waals surface area contributed by atoms with Crippen LogP contribution in [-0.4, -0.2) is 49.7 Å². The third kappa shape index (κ3) is 5.28. The Morgan fingerprint density at radius 2 is 1.89 bits per heavy atom. The number of halogens is 3. The Hall–Kier alpha value is -4.09. The molecular weight excluding hydrogens is 571 g/mol. The second-order valence-corrected chi connectivity index (χ2v) is 12.6. The lowest BCUT2D eigenvalue weighted by atomic mass is 9.66. The number of piperidine rings is 2. The van der Waals surface area contributed by atoms with Crippen molar-refractivity contribution in [3.63, 3.8) is 0 Å². The van der Waals surface area contributed by atoms with Crippen LogP contribution in [0.15, 0.2) is 54.9 Å². The second-order valence-electron chi connectivity index (χ2n) is 12.6. The topological polar surface area (TPSA) is 100 Å². The Morgan fingerprint density at radius 3 is 2.57 bits per heavy atom. The van der Waals surface area contributed by atoms with E-state index in [2.05, 4.69) is 20.3 Å². The standard InChI is InChI=1S/C33H34F3N5O3/c1-32(2)18-41(16-19-4-6-20(7-5-19)29-24(30(35)36)17-40(3)39-29)13-12-33(32,44)25-9-10-26-23(28(25)34)14-21(15-37-26)22-8-11-27(42)38-31(22)43/h4-7,9-10,14-15,17,22,30,44H,8,11-13,16,18H2,1-3H3,(H,38,42,43). The molecule has 0 radical (unpaired) electrons. The summed E-state index contributed by atoms with van der Waals surface area (Å²) in [7, 11) is 1.61. The van der Waals surface area contributed by atoms with E-state index in [1.54, 1.807) is 43.6 Å². The lowest BCUT2D eigenvalue weighted by Crippen LogP contribution is -2.55. The van der Waals surface area contributed by atoms with E-state index in [0.29, 0.717) is 42.7 Å². The molecule has 2 aliphatic rings. The van der Waals surface area contributed by atoms with Crippen molar-refractivity contribution in [2.75, 3.05) is 13.1 Å². The summed E-state index contributed by atoms with van der Waals surface area (Å²) in [5.74, 6) is -1.91. The Morgan fingerprint density at radius 1 is 1.14 bits per heavy atom. The normalized spacial score (nSPS) is 22.5. The molecule has 0 aliphatic carbocycles. The minimum atomic E-state index is -2.62. The maximum atomic E-state index is 16.2. The highest BCUT2D eigenvalue weighted by Gasteiger charge is 2.50. The lowest BCUT2D eigenvalue weighted by molar-refractivity contribution is -0.134. The Labute approximate surface area is 252 Å². The summed E-state index contributed by atoms with van der Waals surface area (Å²) in [6.07, 6.45) is 1.07. The van der Waals surface area contributed by atoms with Crippen LogP contribution in [0.3, 0.4) is 0 Å². The maximum Gasteiger partial charge on any atom is 0.267 e. The number of hydrogen-bond acceptors (Lipinski definition) is 6. The molecule has 2 aromatic heterocycles. The van der Waals surface area contributed by atoms with Crippen LogP contribution in [0.1, 0.15) is 67.7 Å². The number of amides is 2. The van der Waals surface area contributed by atoms with Crippen LogP contribution in [0.2, 0.25) is 0 Å². The predicted molar refractivity (Wildman–Crippen MR) is 158 cm³/mol. The molecule has 8 nitrogen and oxygen atoms in total. The molecule has 2 saturated heterocycles. The molecule has 2 N–H and O–H groups in total. The van der Waals surface area contributed by atoms with Gasteiger partial charge in [-0.1, -0.05) is 44.2 Å². The number of imide groups is 1. The van der Waals surface area contributed by atoms with Gasteiger partial charge in [0.2, 0.25) is 11.8 Å². The largest absolute Gasteiger partial charge is 0.384 e. The highest BCUT2D eigenvalue weighted by Crippen LogP contribution is 2.48. The minimum absolute atomic E-state index is 0.110. The van der Waals surface area contributed by atoms with E-state index < -0.39 is 35.1 Å². The highest BCUT2D eigenvalue weighted by molar-refractivity contribution is 6.01. The van der Waals surface area contributed by atoms with E-state index in [0.717, 1.165) is 5.56 Å². The molecule has 11 heteroatoms. The third-order valence-electron chi connectivity index (χ3n) is 9.16. The number of benzene rings is 2. The van der Waals surface area contributed by atoms with Gasteiger partial charge < -0.3 is 5.11 Å². The zero-order valence-corrected chi connectivity index (χ0v) is 24.8. The number of hydrogen-bond donors (Lipinski definition) is 2. The Kier molecular flexibility index (Phi) is 7.57. The van der Waals surface area contributed by atoms with Gasteiger partial charge in [0, 0.05) is 67.4 Å². The molecule has 2 fully saturated rings. The number of nitrogens with zero attached hydrogens (tertiary/aromatic N) is 4. The zero-order chi connectivity index (χ0) is 31.4. The van der Waals surface area contributed by atoms with Gasteiger partial charge in [-0.2, -0.15) is 5.10 Å². The number of carbonyl (C=O) groups is 2. The molecule has 0 bridgehead atoms. The molecule has 44 heavy (non-hydrogen) atoms. The van der Waals surface area contributed by atoms with E-state index in [4.69, 9.17) is 0 Å². The van der Waals surface area contributed by atoms with Crippen molar-refractivity contribution in [1.82, 2.24) is 25.0 Å². The first-order chi connectivity index (χ1) is 20.9. The van der Waals surface area contributed by atoms with Gasteiger partial charge in [0.15, 0.2) is 0 Å². The molecule has 4 aromatic rings. The van der Waals surface area contributed by atoms with Gasteiger partial charge in [-0.15, -0.1) is 0 Å². The van der Waals surface area contributed by atoms with E-state index in [9.17, 15) is 23.5 Å². The molecule has 2 amide bonds. The van der Waals surface area contributed by atoms with Crippen molar-refractivity contribution in [2.45, 2.75) is 57.6 Å². The van der Waals surface area contributed by atoms with Gasteiger partial charge >= 0.3 is 0 Å². The third-order valence-corrected chi connectivity index (χ3v) is 9.16. The molecule has 2 atom stereocenters. The van der Waals surface area contributed by atoms with Gasteiger partial charge in [0.25, 0.3) is 6.43 Å². The van der Waals surface area contributed by atoms with Crippen molar-refractivity contribution < 1.29 is 27.9 Å². The number of nitrogens with one attached hydrogen (secondary N) is 1. The minimum Gasteiger partial charge on any atom is -0.384 e. The molecule has 230 valence electrons. The molecule has 2 unspecified atom stereocenters. The van der Waals surface area contributed by atoms with Crippen molar-refractivity contribution in [1.29, 1.82) is 0 Å². The Bertz CT molecular complexity index is 1750. The van der Waals surface area contributed by atoms with Crippen LogP contribution in [0.5, 0.6) is 0 Å². The average molecular weight is 606 g/mol. The van der Waals surface area contributed by atoms with Gasteiger partial charge in [-0.25, -0.2) is 13.2 Å². The van der Waals surface area contributed by atoms with Gasteiger partial charge in [0.05, 0.1) is 22.6 Å². The Balaban J connectivity index is 1.21. The van der Waals surface area contributed by atoms with Crippen LogP contribution < -0.4 is 5.32 Å². The summed E-state index contributed by atoms with van der Waals surface area (Å²) in [4.78, 5) is 30.6. The fraction of sp³-hybridized carbons (Fsp3) is 0.394. The number of alkyl halides is 2. The number of rotatable bonds is 6. The average Bonchev–Trinajstić information content (AvgIpc) is 3.37. The number of carbonyl (C=O) groups excluding carboxylic acids is 2. The monoisotopic (exact) mass is 605 g/mol. The number of aryl methyl sites for hydroxylation is 1. The number of fused-ring (bicyclic) bond motifs is 1. The van der Waals surface area contributed by atoms with Crippen LogP contribution in [0.25, 0.3) is 22.2 Å². The van der Waals surface area contributed by atoms with Crippen LogP contribution in [0.4, 0.5) is 13.2 Å². The second kappa shape index (κ2) is 11.1. The summed E-state index contributed by atoms with van der Waals surface area (Å²) in [6, 6.07) is 12.2. The summed E-state index contributed by atoms with van der Waals surface area (Å²) in [6.45, 7) is 5.38. The van der Waals surface area contributed by atoms with E-state index in [-0.39, 0.29) is 41.0 Å². The fourth-order valence-corrected chi connectivity index (χ4v) is 6.68. The molecule has 2 aliphatic heterocycles. The molecule has 0 saturated carbocycles. The van der Waals surface area contributed by atoms with E-state index in [1.807, 2.05) is 26.0 Å². The smallest absolute Gasteiger partial charge is 0.267 e. The van der Waals surface area contributed by atoms with E-state index in [1.165, 1.54) is 10.9 Å². The fourth-order valence-electron chi connectivity index (χ4n) is 6.68. The molecular formula is C33H34F3N5O3. The lowest BCUT2D eigenvalue weighted by Gasteiger charge is -2.50. The number of aromatic nitrogens is 3. The van der Waals surface area contributed by atoms with Crippen molar-refractivity contribution in [3.8, 4) is 11.3 Å². The summed E-state index contributed by atoms with van der Waals surface area (Å²) in [5.41, 5.74) is 0.654. The SMILES string of the molecule is Cn1cc(C(F)F)c(-c2ccc(CN3CCC(O)(c4ccc5ncc(C6CCC(=O)NC6=O)cc5c4F)C(C)(C)C3)cc2)n1. The first kappa shape index (κ1) is 30.0. The summed E-state index contributed by atoms with van der Waals surface area (Å²) >= 11 is 0. The van der Waals surface area contributed by atoms with Crippen molar-refractivity contribution >= 4 is 22.7 Å².